The minimum Gasteiger partial charge on any atom is -0.397 e. The first-order chi connectivity index (χ1) is 8.08. The van der Waals surface area contributed by atoms with Crippen molar-refractivity contribution >= 4 is 22.7 Å². The number of hydrogen-bond donors (Lipinski definition) is 2. The molecule has 0 aliphatic carbocycles. The molecule has 0 saturated heterocycles. The lowest BCUT2D eigenvalue weighted by molar-refractivity contribution is 0.890. The average Bonchev–Trinajstić information content (AvgIpc) is 2.61. The van der Waals surface area contributed by atoms with E-state index in [0.29, 0.717) is 0 Å². The first-order valence-corrected chi connectivity index (χ1v) is 6.44. The zero-order valence-corrected chi connectivity index (χ0v) is 11.1. The molecule has 2 aromatic rings. The van der Waals surface area contributed by atoms with Gasteiger partial charge in [0.05, 0.1) is 28.1 Å². The van der Waals surface area contributed by atoms with Gasteiger partial charge in [0.2, 0.25) is 0 Å². The molecule has 4 heteroatoms. The summed E-state index contributed by atoms with van der Waals surface area (Å²) in [4.78, 5) is 5.71. The number of aromatic nitrogens is 1. The normalized spacial score (nSPS) is 12.4. The van der Waals surface area contributed by atoms with Crippen molar-refractivity contribution in [3.63, 3.8) is 0 Å². The van der Waals surface area contributed by atoms with Gasteiger partial charge in [0.1, 0.15) is 0 Å². The summed E-state index contributed by atoms with van der Waals surface area (Å²) in [5, 5.41) is 4.53. The molecule has 0 amide bonds. The van der Waals surface area contributed by atoms with E-state index in [1.54, 1.807) is 11.3 Å². The second kappa shape index (κ2) is 4.75. The van der Waals surface area contributed by atoms with Crippen LogP contribution in [0.3, 0.4) is 0 Å². The Kier molecular flexibility index (Phi) is 3.33. The van der Waals surface area contributed by atoms with Crippen LogP contribution in [0.5, 0.6) is 0 Å². The molecule has 0 aliphatic rings. The second-order valence-electron chi connectivity index (χ2n) is 4.14. The Morgan fingerprint density at radius 2 is 2.00 bits per heavy atom. The maximum atomic E-state index is 5.92. The van der Waals surface area contributed by atoms with Gasteiger partial charge >= 0.3 is 0 Å². The molecular formula is C13H17N3S. The molecule has 0 radical (unpaired) electrons. The van der Waals surface area contributed by atoms with E-state index < -0.39 is 0 Å². The number of anilines is 2. The van der Waals surface area contributed by atoms with Gasteiger partial charge < -0.3 is 11.1 Å². The fourth-order valence-corrected chi connectivity index (χ4v) is 2.81. The Balaban J connectivity index is 2.20. The van der Waals surface area contributed by atoms with E-state index in [1.165, 1.54) is 4.88 Å². The summed E-state index contributed by atoms with van der Waals surface area (Å²) in [5.74, 6) is 0. The fourth-order valence-electron chi connectivity index (χ4n) is 1.88. The Morgan fingerprint density at radius 1 is 1.29 bits per heavy atom. The summed E-state index contributed by atoms with van der Waals surface area (Å²) >= 11 is 1.73. The fraction of sp³-hybridized carbons (Fsp3) is 0.308. The van der Waals surface area contributed by atoms with E-state index in [-0.39, 0.29) is 6.04 Å². The maximum absolute atomic E-state index is 5.92. The number of nitrogen functional groups attached to an aromatic ring is 1. The van der Waals surface area contributed by atoms with E-state index in [4.69, 9.17) is 5.73 Å². The molecule has 17 heavy (non-hydrogen) atoms. The van der Waals surface area contributed by atoms with Crippen molar-refractivity contribution in [1.82, 2.24) is 4.98 Å². The first-order valence-electron chi connectivity index (χ1n) is 5.63. The van der Waals surface area contributed by atoms with Crippen molar-refractivity contribution in [1.29, 1.82) is 0 Å². The molecule has 2 rings (SSSR count). The highest BCUT2D eigenvalue weighted by Gasteiger charge is 2.13. The Morgan fingerprint density at radius 3 is 2.59 bits per heavy atom. The van der Waals surface area contributed by atoms with Gasteiger partial charge in [-0.05, 0) is 32.9 Å². The lowest BCUT2D eigenvalue weighted by Gasteiger charge is -2.15. The van der Waals surface area contributed by atoms with Crippen LogP contribution in [-0.4, -0.2) is 4.98 Å². The van der Waals surface area contributed by atoms with Crippen LogP contribution < -0.4 is 11.1 Å². The van der Waals surface area contributed by atoms with Crippen molar-refractivity contribution in [2.24, 2.45) is 0 Å². The zero-order chi connectivity index (χ0) is 12.4. The van der Waals surface area contributed by atoms with Crippen LogP contribution in [0.4, 0.5) is 11.4 Å². The van der Waals surface area contributed by atoms with Crippen LogP contribution in [-0.2, 0) is 0 Å². The second-order valence-corrected chi connectivity index (χ2v) is 5.37. The summed E-state index contributed by atoms with van der Waals surface area (Å²) in [7, 11) is 0. The van der Waals surface area contributed by atoms with Crippen LogP contribution >= 0.6 is 11.3 Å². The van der Waals surface area contributed by atoms with Crippen molar-refractivity contribution in [3.05, 3.63) is 39.8 Å². The Labute approximate surface area is 106 Å². The number of para-hydroxylation sites is 2. The van der Waals surface area contributed by atoms with E-state index in [0.717, 1.165) is 22.1 Å². The number of aryl methyl sites for hydroxylation is 2. The van der Waals surface area contributed by atoms with E-state index in [1.807, 2.05) is 38.1 Å². The largest absolute Gasteiger partial charge is 0.397 e. The molecule has 0 bridgehead atoms. The standard InChI is InChI=1S/C13H17N3S/c1-8-13(17-10(3)15-8)9(2)16-12-7-5-4-6-11(12)14/h4-7,9,16H,14H2,1-3H3. The van der Waals surface area contributed by atoms with Crippen LogP contribution in [0, 0.1) is 13.8 Å². The molecule has 90 valence electrons. The number of nitrogens with two attached hydrogens (primary N) is 1. The predicted molar refractivity (Wildman–Crippen MR) is 74.5 cm³/mol. The van der Waals surface area contributed by atoms with Gasteiger partial charge in [0, 0.05) is 4.88 Å². The summed E-state index contributed by atoms with van der Waals surface area (Å²) < 4.78 is 0. The highest BCUT2D eigenvalue weighted by molar-refractivity contribution is 7.11. The van der Waals surface area contributed by atoms with E-state index >= 15 is 0 Å². The first kappa shape index (κ1) is 11.9. The van der Waals surface area contributed by atoms with Gasteiger partial charge in [-0.25, -0.2) is 4.98 Å². The van der Waals surface area contributed by atoms with Gasteiger partial charge in [0.15, 0.2) is 0 Å². The lowest BCUT2D eigenvalue weighted by Crippen LogP contribution is -2.07. The number of benzene rings is 1. The molecule has 0 fully saturated rings. The van der Waals surface area contributed by atoms with Gasteiger partial charge in [-0.2, -0.15) is 0 Å². The monoisotopic (exact) mass is 247 g/mol. The van der Waals surface area contributed by atoms with Crippen LogP contribution in [0.2, 0.25) is 0 Å². The van der Waals surface area contributed by atoms with Crippen LogP contribution in [0.1, 0.15) is 28.5 Å². The number of nitrogens with zero attached hydrogens (tertiary/aromatic N) is 1. The highest BCUT2D eigenvalue weighted by atomic mass is 32.1. The minimum absolute atomic E-state index is 0.228. The molecule has 1 atom stereocenters. The zero-order valence-electron chi connectivity index (χ0n) is 10.3. The molecular weight excluding hydrogens is 230 g/mol. The number of rotatable bonds is 3. The summed E-state index contributed by atoms with van der Waals surface area (Å²) in [6.45, 7) is 6.21. The average molecular weight is 247 g/mol. The Bertz CT molecular complexity index is 519. The summed E-state index contributed by atoms with van der Waals surface area (Å²) in [5.41, 5.74) is 8.77. The number of nitrogens with one attached hydrogen (secondary N) is 1. The maximum Gasteiger partial charge on any atom is 0.0900 e. The topological polar surface area (TPSA) is 50.9 Å². The van der Waals surface area contributed by atoms with Crippen molar-refractivity contribution in [2.75, 3.05) is 11.1 Å². The molecule has 3 N–H and O–H groups in total. The SMILES string of the molecule is Cc1nc(C)c(C(C)Nc2ccccc2N)s1. The molecule has 0 aliphatic heterocycles. The smallest absolute Gasteiger partial charge is 0.0900 e. The highest BCUT2D eigenvalue weighted by Crippen LogP contribution is 2.29. The van der Waals surface area contributed by atoms with Crippen molar-refractivity contribution in [2.45, 2.75) is 26.8 Å². The Hall–Kier alpha value is -1.55. The van der Waals surface area contributed by atoms with Gasteiger partial charge in [-0.15, -0.1) is 11.3 Å². The quantitative estimate of drug-likeness (QED) is 0.816. The van der Waals surface area contributed by atoms with Gasteiger partial charge in [-0.3, -0.25) is 0 Å². The third-order valence-electron chi connectivity index (χ3n) is 2.67. The molecule has 0 saturated carbocycles. The van der Waals surface area contributed by atoms with E-state index in [2.05, 4.69) is 17.2 Å². The van der Waals surface area contributed by atoms with Crippen molar-refractivity contribution in [3.8, 4) is 0 Å². The van der Waals surface area contributed by atoms with Gasteiger partial charge in [0.25, 0.3) is 0 Å². The van der Waals surface area contributed by atoms with Gasteiger partial charge in [-0.1, -0.05) is 12.1 Å². The lowest BCUT2D eigenvalue weighted by atomic mass is 10.2. The number of hydrogen-bond acceptors (Lipinski definition) is 4. The minimum atomic E-state index is 0.228. The van der Waals surface area contributed by atoms with Crippen LogP contribution in [0.25, 0.3) is 0 Å². The predicted octanol–water partition coefficient (Wildman–Crippen LogP) is 3.52. The molecule has 1 aromatic carbocycles. The molecule has 1 heterocycles. The molecule has 1 unspecified atom stereocenters. The molecule has 3 nitrogen and oxygen atoms in total. The van der Waals surface area contributed by atoms with Crippen LogP contribution in [0.15, 0.2) is 24.3 Å². The van der Waals surface area contributed by atoms with Crippen molar-refractivity contribution < 1.29 is 0 Å². The molecule has 1 aromatic heterocycles. The summed E-state index contributed by atoms with van der Waals surface area (Å²) in [6, 6.07) is 8.05. The summed E-state index contributed by atoms with van der Waals surface area (Å²) in [6.07, 6.45) is 0. The van der Waals surface area contributed by atoms with E-state index in [9.17, 15) is 0 Å². The third kappa shape index (κ3) is 2.58. The third-order valence-corrected chi connectivity index (χ3v) is 3.92. The molecule has 0 spiro atoms. The number of thiazole rings is 1.